The Morgan fingerprint density at radius 3 is 2.13 bits per heavy atom. The van der Waals surface area contributed by atoms with Gasteiger partial charge in [0.1, 0.15) is 11.5 Å². The zero-order valence-electron chi connectivity index (χ0n) is 8.26. The Morgan fingerprint density at radius 2 is 1.67 bits per heavy atom. The van der Waals surface area contributed by atoms with Crippen LogP contribution in [-0.4, -0.2) is 21.9 Å². The predicted molar refractivity (Wildman–Crippen MR) is 60.3 cm³/mol. The van der Waals surface area contributed by atoms with Crippen LogP contribution < -0.4 is 5.73 Å². The van der Waals surface area contributed by atoms with E-state index in [0.29, 0.717) is 18.4 Å². The molecule has 0 aliphatic carbocycles. The van der Waals surface area contributed by atoms with Crippen molar-refractivity contribution in [2.75, 3.05) is 6.61 Å². The summed E-state index contributed by atoms with van der Waals surface area (Å²) in [7, 11) is 0. The van der Waals surface area contributed by atoms with Gasteiger partial charge in [-0.2, -0.15) is 0 Å². The van der Waals surface area contributed by atoms with E-state index in [1.54, 1.807) is 0 Å². The number of halogens is 1. The van der Waals surface area contributed by atoms with Gasteiger partial charge in [-0.3, -0.25) is 0 Å². The van der Waals surface area contributed by atoms with Crippen LogP contribution in [0.3, 0.4) is 0 Å². The molecule has 0 saturated carbocycles. The molecule has 0 aliphatic heterocycles. The lowest BCUT2D eigenvalue weighted by atomic mass is 10.0. The maximum atomic E-state index is 9.20. The van der Waals surface area contributed by atoms with Crippen LogP contribution in [-0.2, 0) is 0 Å². The second-order valence-electron chi connectivity index (χ2n) is 3.26. The van der Waals surface area contributed by atoms with Gasteiger partial charge in [-0.25, -0.2) is 0 Å². The first-order chi connectivity index (χ1) is 6.63. The van der Waals surface area contributed by atoms with E-state index in [9.17, 15) is 10.2 Å². The lowest BCUT2D eigenvalue weighted by Crippen LogP contribution is -2.10. The minimum atomic E-state index is -0.264. The third kappa shape index (κ3) is 4.38. The van der Waals surface area contributed by atoms with E-state index in [1.807, 2.05) is 0 Å². The van der Waals surface area contributed by atoms with Gasteiger partial charge in [-0.05, 0) is 30.5 Å². The zero-order valence-corrected chi connectivity index (χ0v) is 9.07. The maximum Gasteiger partial charge on any atom is 0.119 e. The molecule has 5 N–H and O–H groups in total. The molecule has 86 valence electrons. The Balaban J connectivity index is 0.00000196. The SMILES string of the molecule is Cl.N[C@H](CCCO)c1cc(O)cc(O)c1. The first kappa shape index (κ1) is 14.0. The van der Waals surface area contributed by atoms with Crippen molar-refractivity contribution in [3.05, 3.63) is 23.8 Å². The number of phenolic OH excluding ortho intramolecular Hbond substituents is 2. The van der Waals surface area contributed by atoms with Gasteiger partial charge >= 0.3 is 0 Å². The minimum absolute atomic E-state index is 0. The molecule has 4 nitrogen and oxygen atoms in total. The number of nitrogens with two attached hydrogens (primary N) is 1. The van der Waals surface area contributed by atoms with Gasteiger partial charge in [0.15, 0.2) is 0 Å². The van der Waals surface area contributed by atoms with Crippen molar-refractivity contribution in [1.82, 2.24) is 0 Å². The number of rotatable bonds is 4. The van der Waals surface area contributed by atoms with Crippen LogP contribution in [0.1, 0.15) is 24.4 Å². The molecular weight excluding hydrogens is 218 g/mol. The van der Waals surface area contributed by atoms with E-state index in [4.69, 9.17) is 10.8 Å². The highest BCUT2D eigenvalue weighted by Gasteiger charge is 2.07. The summed E-state index contributed by atoms with van der Waals surface area (Å²) in [6.45, 7) is 0.0957. The van der Waals surface area contributed by atoms with Crippen LogP contribution in [0.4, 0.5) is 0 Å². The average molecular weight is 234 g/mol. The number of aromatic hydroxyl groups is 2. The Kier molecular flexibility index (Phi) is 6.08. The summed E-state index contributed by atoms with van der Waals surface area (Å²) in [6.07, 6.45) is 1.23. The molecule has 1 aromatic rings. The van der Waals surface area contributed by atoms with Crippen LogP contribution >= 0.6 is 12.4 Å². The lowest BCUT2D eigenvalue weighted by Gasteiger charge is -2.11. The van der Waals surface area contributed by atoms with Crippen molar-refractivity contribution in [1.29, 1.82) is 0 Å². The topological polar surface area (TPSA) is 86.7 Å². The van der Waals surface area contributed by atoms with Crippen LogP contribution in [0.25, 0.3) is 0 Å². The normalized spacial score (nSPS) is 11.9. The summed E-state index contributed by atoms with van der Waals surface area (Å²) >= 11 is 0. The molecule has 0 spiro atoms. The number of phenols is 2. The second-order valence-corrected chi connectivity index (χ2v) is 3.26. The molecule has 0 radical (unpaired) electrons. The Bertz CT molecular complexity index is 286. The standard InChI is InChI=1S/C10H15NO3.ClH/c11-10(2-1-3-12)7-4-8(13)6-9(14)5-7;/h4-6,10,12-14H,1-3,11H2;1H/t10-;/m1./s1. The molecule has 0 fully saturated rings. The van der Waals surface area contributed by atoms with E-state index in [-0.39, 0.29) is 36.6 Å². The van der Waals surface area contributed by atoms with Crippen molar-refractivity contribution >= 4 is 12.4 Å². The Hall–Kier alpha value is -0.970. The van der Waals surface area contributed by atoms with E-state index in [0.717, 1.165) is 0 Å². The second kappa shape index (κ2) is 6.50. The van der Waals surface area contributed by atoms with Crippen molar-refractivity contribution in [3.8, 4) is 11.5 Å². The summed E-state index contributed by atoms with van der Waals surface area (Å²) in [6, 6.07) is 4.02. The highest BCUT2D eigenvalue weighted by molar-refractivity contribution is 5.85. The van der Waals surface area contributed by atoms with Crippen molar-refractivity contribution in [3.63, 3.8) is 0 Å². The first-order valence-electron chi connectivity index (χ1n) is 4.53. The van der Waals surface area contributed by atoms with E-state index in [2.05, 4.69) is 0 Å². The number of hydrogen-bond donors (Lipinski definition) is 4. The number of aliphatic hydroxyl groups is 1. The molecule has 0 aromatic heterocycles. The average Bonchev–Trinajstić information content (AvgIpc) is 2.12. The molecule has 1 aromatic carbocycles. The number of aliphatic hydroxyl groups excluding tert-OH is 1. The molecule has 0 bridgehead atoms. The van der Waals surface area contributed by atoms with E-state index < -0.39 is 0 Å². The van der Waals surface area contributed by atoms with Crippen LogP contribution in [0, 0.1) is 0 Å². The van der Waals surface area contributed by atoms with E-state index >= 15 is 0 Å². The summed E-state index contributed by atoms with van der Waals surface area (Å²) in [5.41, 5.74) is 6.46. The Morgan fingerprint density at radius 1 is 1.13 bits per heavy atom. The molecule has 15 heavy (non-hydrogen) atoms. The van der Waals surface area contributed by atoms with Crippen molar-refractivity contribution < 1.29 is 15.3 Å². The van der Waals surface area contributed by atoms with Gasteiger partial charge in [0, 0.05) is 18.7 Å². The molecule has 0 unspecified atom stereocenters. The summed E-state index contributed by atoms with van der Waals surface area (Å²) in [4.78, 5) is 0. The highest BCUT2D eigenvalue weighted by Crippen LogP contribution is 2.25. The monoisotopic (exact) mass is 233 g/mol. The molecule has 1 atom stereocenters. The van der Waals surface area contributed by atoms with E-state index in [1.165, 1.54) is 18.2 Å². The Labute approximate surface area is 94.8 Å². The fourth-order valence-corrected chi connectivity index (χ4v) is 1.31. The van der Waals surface area contributed by atoms with Crippen molar-refractivity contribution in [2.45, 2.75) is 18.9 Å². The fourth-order valence-electron chi connectivity index (χ4n) is 1.31. The third-order valence-corrected chi connectivity index (χ3v) is 2.03. The highest BCUT2D eigenvalue weighted by atomic mass is 35.5. The maximum absolute atomic E-state index is 9.20. The van der Waals surface area contributed by atoms with Crippen LogP contribution in [0.2, 0.25) is 0 Å². The molecule has 0 saturated heterocycles. The molecule has 0 heterocycles. The van der Waals surface area contributed by atoms with Gasteiger partial charge in [0.25, 0.3) is 0 Å². The fraction of sp³-hybridized carbons (Fsp3) is 0.400. The van der Waals surface area contributed by atoms with Crippen molar-refractivity contribution in [2.24, 2.45) is 5.73 Å². The van der Waals surface area contributed by atoms with Crippen LogP contribution in [0.5, 0.6) is 11.5 Å². The van der Waals surface area contributed by atoms with Gasteiger partial charge < -0.3 is 21.1 Å². The molecule has 1 rings (SSSR count). The molecule has 0 aliphatic rings. The van der Waals surface area contributed by atoms with Gasteiger partial charge in [0.2, 0.25) is 0 Å². The summed E-state index contributed by atoms with van der Waals surface area (Å²) in [5, 5.41) is 27.0. The van der Waals surface area contributed by atoms with Gasteiger partial charge in [-0.15, -0.1) is 12.4 Å². The van der Waals surface area contributed by atoms with Gasteiger partial charge in [0.05, 0.1) is 0 Å². The van der Waals surface area contributed by atoms with Gasteiger partial charge in [-0.1, -0.05) is 0 Å². The summed E-state index contributed by atoms with van der Waals surface area (Å²) in [5.74, 6) is -0.00102. The number of benzene rings is 1. The quantitative estimate of drug-likeness (QED) is 0.631. The predicted octanol–water partition coefficient (Wildman–Crippen LogP) is 1.29. The zero-order chi connectivity index (χ0) is 10.6. The van der Waals surface area contributed by atoms with Crippen LogP contribution in [0.15, 0.2) is 18.2 Å². The molecular formula is C10H16ClNO3. The largest absolute Gasteiger partial charge is 0.508 e. The number of hydrogen-bond acceptors (Lipinski definition) is 4. The molecule has 0 amide bonds. The minimum Gasteiger partial charge on any atom is -0.508 e. The summed E-state index contributed by atoms with van der Waals surface area (Å²) < 4.78 is 0. The third-order valence-electron chi connectivity index (χ3n) is 2.03. The smallest absolute Gasteiger partial charge is 0.119 e. The lowest BCUT2D eigenvalue weighted by molar-refractivity contribution is 0.280. The first-order valence-corrected chi connectivity index (χ1v) is 4.53. The molecule has 5 heteroatoms.